The van der Waals surface area contributed by atoms with Crippen LogP contribution in [0.25, 0.3) is 5.65 Å². The normalized spacial score (nSPS) is 17.0. The second-order valence-electron chi connectivity index (χ2n) is 5.99. The molecule has 0 aliphatic carbocycles. The second kappa shape index (κ2) is 5.87. The van der Waals surface area contributed by atoms with Crippen molar-refractivity contribution < 1.29 is 13.6 Å². The van der Waals surface area contributed by atoms with Crippen molar-refractivity contribution in [2.75, 3.05) is 6.54 Å². The summed E-state index contributed by atoms with van der Waals surface area (Å²) >= 11 is 3.31. The monoisotopic (exact) mass is 406 g/mol. The molecule has 25 heavy (non-hydrogen) atoms. The average molecular weight is 407 g/mol. The minimum absolute atomic E-state index is 0.260. The lowest BCUT2D eigenvalue weighted by atomic mass is 9.93. The first-order valence-corrected chi connectivity index (χ1v) is 8.53. The first-order valence-electron chi connectivity index (χ1n) is 7.74. The highest BCUT2D eigenvalue weighted by Crippen LogP contribution is 2.32. The summed E-state index contributed by atoms with van der Waals surface area (Å²) in [5.74, 6) is -2.02. The molecule has 0 bridgehead atoms. The maximum atomic E-state index is 13.6. The quantitative estimate of drug-likeness (QED) is 0.620. The molecule has 0 radical (unpaired) electrons. The van der Waals surface area contributed by atoms with Gasteiger partial charge in [0, 0.05) is 25.0 Å². The molecule has 3 aromatic rings. The molecule has 128 valence electrons. The van der Waals surface area contributed by atoms with Gasteiger partial charge < -0.3 is 4.90 Å². The number of nitrogens with zero attached hydrogens (tertiary/aromatic N) is 4. The fourth-order valence-corrected chi connectivity index (χ4v) is 3.49. The molecule has 4 rings (SSSR count). The number of halogens is 3. The standard InChI is InChI=1S/C17H13BrF2N4O/c1-9-12-5-14(20)13(19)4-10(12)2-3-23(9)17(25)15-6-16-21-7-11(18)8-24(16)22-15/h4-9H,2-3H2,1H3. The van der Waals surface area contributed by atoms with Crippen LogP contribution in [0.5, 0.6) is 0 Å². The van der Waals surface area contributed by atoms with Crippen molar-refractivity contribution in [1.82, 2.24) is 19.5 Å². The van der Waals surface area contributed by atoms with Crippen LogP contribution in [-0.4, -0.2) is 31.9 Å². The van der Waals surface area contributed by atoms with Crippen LogP contribution in [0.1, 0.15) is 34.6 Å². The van der Waals surface area contributed by atoms with Crippen LogP contribution in [0.3, 0.4) is 0 Å². The fraction of sp³-hybridized carbons (Fsp3) is 0.235. The molecule has 1 amide bonds. The number of fused-ring (bicyclic) bond motifs is 2. The van der Waals surface area contributed by atoms with Crippen molar-refractivity contribution in [3.8, 4) is 0 Å². The van der Waals surface area contributed by atoms with E-state index >= 15 is 0 Å². The molecule has 0 saturated carbocycles. The third-order valence-corrected chi connectivity index (χ3v) is 4.89. The van der Waals surface area contributed by atoms with Crippen molar-refractivity contribution in [3.63, 3.8) is 0 Å². The lowest BCUT2D eigenvalue weighted by molar-refractivity contribution is 0.0670. The van der Waals surface area contributed by atoms with Gasteiger partial charge in [-0.3, -0.25) is 4.79 Å². The van der Waals surface area contributed by atoms with Crippen LogP contribution in [0.4, 0.5) is 8.78 Å². The first-order chi connectivity index (χ1) is 11.9. The molecule has 0 N–H and O–H groups in total. The zero-order valence-corrected chi connectivity index (χ0v) is 14.8. The number of aromatic nitrogens is 3. The number of benzene rings is 1. The van der Waals surface area contributed by atoms with Crippen LogP contribution in [0.2, 0.25) is 0 Å². The van der Waals surface area contributed by atoms with E-state index in [0.717, 1.165) is 10.0 Å². The van der Waals surface area contributed by atoms with E-state index in [2.05, 4.69) is 26.0 Å². The molecule has 3 heterocycles. The van der Waals surface area contributed by atoms with E-state index in [4.69, 9.17) is 0 Å². The summed E-state index contributed by atoms with van der Waals surface area (Å²) < 4.78 is 29.3. The molecule has 2 aromatic heterocycles. The Balaban J connectivity index is 1.68. The topological polar surface area (TPSA) is 50.5 Å². The number of amides is 1. The third kappa shape index (κ3) is 2.70. The maximum absolute atomic E-state index is 13.6. The third-order valence-electron chi connectivity index (χ3n) is 4.48. The van der Waals surface area contributed by atoms with Gasteiger partial charge in [0.25, 0.3) is 5.91 Å². The van der Waals surface area contributed by atoms with Gasteiger partial charge in [0.05, 0.1) is 10.5 Å². The van der Waals surface area contributed by atoms with Gasteiger partial charge in [0.15, 0.2) is 23.0 Å². The summed E-state index contributed by atoms with van der Waals surface area (Å²) in [7, 11) is 0. The smallest absolute Gasteiger partial charge is 0.274 e. The predicted octanol–water partition coefficient (Wildman–Crippen LogP) is 3.53. The van der Waals surface area contributed by atoms with Crippen molar-refractivity contribution >= 4 is 27.5 Å². The molecule has 5 nitrogen and oxygen atoms in total. The fourth-order valence-electron chi connectivity index (χ4n) is 3.19. The molecule has 1 aliphatic heterocycles. The van der Waals surface area contributed by atoms with Gasteiger partial charge in [0.1, 0.15) is 0 Å². The van der Waals surface area contributed by atoms with E-state index in [1.165, 1.54) is 16.6 Å². The Labute approximate surface area is 150 Å². The Kier molecular flexibility index (Phi) is 3.79. The van der Waals surface area contributed by atoms with Gasteiger partial charge in [-0.2, -0.15) is 5.10 Å². The van der Waals surface area contributed by atoms with Crippen LogP contribution in [0.15, 0.2) is 35.1 Å². The summed E-state index contributed by atoms with van der Waals surface area (Å²) in [5.41, 5.74) is 2.19. The zero-order chi connectivity index (χ0) is 17.7. The zero-order valence-electron chi connectivity index (χ0n) is 13.2. The summed E-state index contributed by atoms with van der Waals surface area (Å²) in [6.45, 7) is 2.22. The average Bonchev–Trinajstić information content (AvgIpc) is 2.99. The Bertz CT molecular complexity index is 1000. The minimum Gasteiger partial charge on any atom is -0.330 e. The van der Waals surface area contributed by atoms with Crippen LogP contribution in [-0.2, 0) is 6.42 Å². The first kappa shape index (κ1) is 16.1. The highest BCUT2D eigenvalue weighted by Gasteiger charge is 2.30. The van der Waals surface area contributed by atoms with E-state index in [9.17, 15) is 13.6 Å². The van der Waals surface area contributed by atoms with Crippen LogP contribution >= 0.6 is 15.9 Å². The summed E-state index contributed by atoms with van der Waals surface area (Å²) in [6, 6.07) is 3.64. The van der Waals surface area contributed by atoms with Gasteiger partial charge in [-0.25, -0.2) is 18.3 Å². The Morgan fingerprint density at radius 1 is 1.28 bits per heavy atom. The molecular formula is C17H13BrF2N4O. The summed E-state index contributed by atoms with van der Waals surface area (Å²) in [5, 5.41) is 4.27. The van der Waals surface area contributed by atoms with Crippen LogP contribution < -0.4 is 0 Å². The molecule has 8 heteroatoms. The lowest BCUT2D eigenvalue weighted by Crippen LogP contribution is -2.39. The van der Waals surface area contributed by atoms with Gasteiger partial charge in [-0.05, 0) is 52.5 Å². The number of carbonyl (C=O) groups is 1. The lowest BCUT2D eigenvalue weighted by Gasteiger charge is -2.34. The van der Waals surface area contributed by atoms with E-state index in [0.29, 0.717) is 24.2 Å². The molecular weight excluding hydrogens is 394 g/mol. The van der Waals surface area contributed by atoms with Crippen molar-refractivity contribution in [2.24, 2.45) is 0 Å². The van der Waals surface area contributed by atoms with E-state index in [1.54, 1.807) is 30.3 Å². The van der Waals surface area contributed by atoms with Crippen LogP contribution in [0, 0.1) is 11.6 Å². The number of hydrogen-bond donors (Lipinski definition) is 0. The molecule has 1 aromatic carbocycles. The maximum Gasteiger partial charge on any atom is 0.274 e. The molecule has 1 aliphatic rings. The Morgan fingerprint density at radius 2 is 2.04 bits per heavy atom. The number of hydrogen-bond acceptors (Lipinski definition) is 3. The van der Waals surface area contributed by atoms with E-state index in [1.807, 2.05) is 0 Å². The SMILES string of the molecule is CC1c2cc(F)c(F)cc2CCN1C(=O)c1cc2ncc(Br)cn2n1. The molecule has 1 unspecified atom stereocenters. The summed E-state index contributed by atoms with van der Waals surface area (Å²) in [6.07, 6.45) is 3.81. The van der Waals surface area contributed by atoms with Crippen molar-refractivity contribution in [3.05, 3.63) is 63.5 Å². The molecule has 0 spiro atoms. The predicted molar refractivity (Wildman–Crippen MR) is 90.2 cm³/mol. The largest absolute Gasteiger partial charge is 0.330 e. The van der Waals surface area contributed by atoms with Gasteiger partial charge >= 0.3 is 0 Å². The summed E-state index contributed by atoms with van der Waals surface area (Å²) in [4.78, 5) is 18.7. The second-order valence-corrected chi connectivity index (χ2v) is 6.91. The highest BCUT2D eigenvalue weighted by atomic mass is 79.9. The Hall–Kier alpha value is -2.35. The van der Waals surface area contributed by atoms with Crippen molar-refractivity contribution in [1.29, 1.82) is 0 Å². The highest BCUT2D eigenvalue weighted by molar-refractivity contribution is 9.10. The van der Waals surface area contributed by atoms with Gasteiger partial charge in [-0.15, -0.1) is 0 Å². The van der Waals surface area contributed by atoms with Gasteiger partial charge in [-0.1, -0.05) is 0 Å². The molecule has 0 saturated heterocycles. The van der Waals surface area contributed by atoms with E-state index < -0.39 is 11.6 Å². The minimum atomic E-state index is -0.901. The van der Waals surface area contributed by atoms with Gasteiger partial charge in [0.2, 0.25) is 0 Å². The number of rotatable bonds is 1. The molecule has 0 fully saturated rings. The van der Waals surface area contributed by atoms with Crippen molar-refractivity contribution in [2.45, 2.75) is 19.4 Å². The number of carbonyl (C=O) groups excluding carboxylic acids is 1. The molecule has 1 atom stereocenters. The van der Waals surface area contributed by atoms with E-state index in [-0.39, 0.29) is 17.6 Å². The Morgan fingerprint density at radius 3 is 2.84 bits per heavy atom.